The van der Waals surface area contributed by atoms with Crippen molar-refractivity contribution in [2.75, 3.05) is 58.5 Å². The summed E-state index contributed by atoms with van der Waals surface area (Å²) in [7, 11) is 3.38. The third-order valence-corrected chi connectivity index (χ3v) is 8.97. The quantitative estimate of drug-likeness (QED) is 0.237. The molecule has 47 heavy (non-hydrogen) atoms. The molecule has 0 aliphatic carbocycles. The van der Waals surface area contributed by atoms with Crippen molar-refractivity contribution >= 4 is 33.4 Å². The average Bonchev–Trinajstić information content (AvgIpc) is 3.40. The standard InChI is InChI=1S/C35H37F2N7O3/c1-22-7-4-8-23-9-5-10-27(30(22)23)32-31(37)33-28(18-39-32)34(41-35(40-33)47-21-26-17-24(36)19-42(26)2)43-14-15-44(25(20-43)12-13-38)29(45)11-6-16-46-3/h4-11,18,24-26H,12,14-17,19-21H2,1-3H3/b11-6+/t24?,25-,26-/m0/s1. The van der Waals surface area contributed by atoms with Gasteiger partial charge in [0.1, 0.15) is 29.8 Å². The maximum absolute atomic E-state index is 16.7. The number of likely N-dealkylation sites (tertiary alicyclic amines) is 1. The number of ether oxygens (including phenoxy) is 2. The van der Waals surface area contributed by atoms with Crippen molar-refractivity contribution in [1.29, 1.82) is 5.26 Å². The van der Waals surface area contributed by atoms with Crippen LogP contribution in [0.3, 0.4) is 0 Å². The lowest BCUT2D eigenvalue weighted by atomic mass is 9.97. The first kappa shape index (κ1) is 32.2. The fourth-order valence-corrected chi connectivity index (χ4v) is 6.58. The Hall–Kier alpha value is -4.73. The van der Waals surface area contributed by atoms with Crippen molar-refractivity contribution in [3.05, 3.63) is 66.1 Å². The summed E-state index contributed by atoms with van der Waals surface area (Å²) in [5.74, 6) is -0.433. The molecule has 6 rings (SSSR count). The highest BCUT2D eigenvalue weighted by molar-refractivity contribution is 6.00. The summed E-state index contributed by atoms with van der Waals surface area (Å²) >= 11 is 0. The van der Waals surface area contributed by atoms with Gasteiger partial charge in [0.25, 0.3) is 0 Å². The van der Waals surface area contributed by atoms with Crippen LogP contribution >= 0.6 is 0 Å². The molecular weight excluding hydrogens is 604 g/mol. The number of carbonyl (C=O) groups is 1. The summed E-state index contributed by atoms with van der Waals surface area (Å²) in [6.45, 7) is 3.70. The molecule has 12 heteroatoms. The first-order chi connectivity index (χ1) is 22.8. The first-order valence-corrected chi connectivity index (χ1v) is 15.7. The van der Waals surface area contributed by atoms with E-state index in [1.54, 1.807) is 24.3 Å². The fraction of sp³-hybridized carbons (Fsp3) is 0.400. The maximum Gasteiger partial charge on any atom is 0.319 e. The summed E-state index contributed by atoms with van der Waals surface area (Å²) in [5.41, 5.74) is 1.84. The van der Waals surface area contributed by atoms with E-state index in [0.717, 1.165) is 16.3 Å². The fourth-order valence-electron chi connectivity index (χ4n) is 6.58. The van der Waals surface area contributed by atoms with Gasteiger partial charge < -0.3 is 19.3 Å². The van der Waals surface area contributed by atoms with E-state index in [9.17, 15) is 14.4 Å². The zero-order chi connectivity index (χ0) is 33.1. The van der Waals surface area contributed by atoms with Crippen LogP contribution in [0.2, 0.25) is 0 Å². The number of benzene rings is 2. The number of fused-ring (bicyclic) bond motifs is 2. The van der Waals surface area contributed by atoms with Gasteiger partial charge in [-0.1, -0.05) is 42.5 Å². The predicted molar refractivity (Wildman–Crippen MR) is 175 cm³/mol. The molecule has 2 aromatic carbocycles. The minimum absolute atomic E-state index is 0.0359. The number of pyridine rings is 1. The van der Waals surface area contributed by atoms with Crippen molar-refractivity contribution in [3.8, 4) is 23.3 Å². The molecule has 2 aliphatic heterocycles. The summed E-state index contributed by atoms with van der Waals surface area (Å²) in [5, 5.41) is 11.9. The van der Waals surface area contributed by atoms with Gasteiger partial charge in [0.05, 0.1) is 30.5 Å². The molecule has 1 unspecified atom stereocenters. The van der Waals surface area contributed by atoms with Crippen molar-refractivity contribution in [1.82, 2.24) is 24.8 Å². The molecule has 0 radical (unpaired) electrons. The van der Waals surface area contributed by atoms with Crippen LogP contribution in [-0.4, -0.2) is 102 Å². The van der Waals surface area contributed by atoms with Gasteiger partial charge in [-0.15, -0.1) is 0 Å². The van der Waals surface area contributed by atoms with Crippen molar-refractivity contribution in [2.24, 2.45) is 0 Å². The van der Waals surface area contributed by atoms with Crippen molar-refractivity contribution < 1.29 is 23.0 Å². The lowest BCUT2D eigenvalue weighted by Crippen LogP contribution is -2.55. The zero-order valence-electron chi connectivity index (χ0n) is 26.7. The van der Waals surface area contributed by atoms with Gasteiger partial charge in [-0.3, -0.25) is 14.7 Å². The Morgan fingerprint density at radius 2 is 1.96 bits per heavy atom. The second-order valence-electron chi connectivity index (χ2n) is 12.1. The molecule has 0 saturated carbocycles. The molecule has 0 N–H and O–H groups in total. The number of aryl methyl sites for hydroxylation is 1. The summed E-state index contributed by atoms with van der Waals surface area (Å²) < 4.78 is 41.9. The number of amides is 1. The van der Waals surface area contributed by atoms with Gasteiger partial charge in [-0.2, -0.15) is 15.2 Å². The van der Waals surface area contributed by atoms with E-state index < -0.39 is 18.0 Å². The molecule has 2 fully saturated rings. The number of piperazine rings is 1. The van der Waals surface area contributed by atoms with Crippen LogP contribution in [0.25, 0.3) is 32.9 Å². The monoisotopic (exact) mass is 641 g/mol. The Bertz CT molecular complexity index is 1860. The smallest absolute Gasteiger partial charge is 0.319 e. The number of alkyl halides is 1. The highest BCUT2D eigenvalue weighted by Gasteiger charge is 2.33. The molecule has 4 aromatic rings. The van der Waals surface area contributed by atoms with Crippen LogP contribution < -0.4 is 9.64 Å². The lowest BCUT2D eigenvalue weighted by Gasteiger charge is -2.41. The minimum Gasteiger partial charge on any atom is -0.462 e. The van der Waals surface area contributed by atoms with E-state index in [-0.39, 0.29) is 48.7 Å². The Balaban J connectivity index is 1.41. The van der Waals surface area contributed by atoms with E-state index in [2.05, 4.69) is 16.0 Å². The van der Waals surface area contributed by atoms with Gasteiger partial charge in [0.15, 0.2) is 5.82 Å². The Kier molecular flexibility index (Phi) is 9.56. The molecule has 2 saturated heterocycles. The number of carbonyl (C=O) groups excluding carboxylic acids is 1. The van der Waals surface area contributed by atoms with Crippen LogP contribution in [0.5, 0.6) is 6.01 Å². The number of likely N-dealkylation sites (N-methyl/N-ethyl adjacent to an activating group) is 1. The summed E-state index contributed by atoms with van der Waals surface area (Å²) in [6.07, 6.45) is 4.14. The van der Waals surface area contributed by atoms with E-state index in [4.69, 9.17) is 14.5 Å². The summed E-state index contributed by atoms with van der Waals surface area (Å²) in [4.78, 5) is 32.3. The van der Waals surface area contributed by atoms with Crippen LogP contribution in [0.15, 0.2) is 54.7 Å². The van der Waals surface area contributed by atoms with Gasteiger partial charge in [-0.25, -0.2) is 8.78 Å². The molecular formula is C35H37F2N7O3. The van der Waals surface area contributed by atoms with E-state index in [1.807, 2.05) is 60.2 Å². The number of hydrogen-bond acceptors (Lipinski definition) is 9. The lowest BCUT2D eigenvalue weighted by molar-refractivity contribution is -0.128. The largest absolute Gasteiger partial charge is 0.462 e. The summed E-state index contributed by atoms with van der Waals surface area (Å²) in [6, 6.07) is 13.2. The van der Waals surface area contributed by atoms with E-state index in [0.29, 0.717) is 49.4 Å². The number of hydrogen-bond donors (Lipinski definition) is 0. The molecule has 1 amide bonds. The number of aromatic nitrogens is 3. The van der Waals surface area contributed by atoms with Crippen LogP contribution in [-0.2, 0) is 9.53 Å². The van der Waals surface area contributed by atoms with Crippen molar-refractivity contribution in [3.63, 3.8) is 0 Å². The maximum atomic E-state index is 16.7. The second kappa shape index (κ2) is 13.9. The number of halogens is 2. The van der Waals surface area contributed by atoms with Crippen LogP contribution in [0, 0.1) is 24.1 Å². The van der Waals surface area contributed by atoms with Gasteiger partial charge in [0.2, 0.25) is 5.91 Å². The average molecular weight is 642 g/mol. The minimum atomic E-state index is -0.947. The van der Waals surface area contributed by atoms with Crippen LogP contribution in [0.4, 0.5) is 14.6 Å². The Morgan fingerprint density at radius 1 is 1.15 bits per heavy atom. The third-order valence-electron chi connectivity index (χ3n) is 8.97. The van der Waals surface area contributed by atoms with Crippen molar-refractivity contribution in [2.45, 2.75) is 38.0 Å². The molecule has 244 valence electrons. The molecule has 0 spiro atoms. The highest BCUT2D eigenvalue weighted by atomic mass is 19.1. The first-order valence-electron chi connectivity index (χ1n) is 15.7. The molecule has 3 atom stereocenters. The van der Waals surface area contributed by atoms with Gasteiger partial charge >= 0.3 is 6.01 Å². The molecule has 2 aliphatic rings. The van der Waals surface area contributed by atoms with Gasteiger partial charge in [-0.05, 0) is 36.7 Å². The SMILES string of the molecule is COC/C=C/C(=O)N1CCN(c2nc(OC[C@@H]3CC(F)CN3C)nc3c(F)c(-c4cccc5cccc(C)c45)ncc23)C[C@@H]1CC#N. The Morgan fingerprint density at radius 3 is 2.70 bits per heavy atom. The molecule has 10 nitrogen and oxygen atoms in total. The topological polar surface area (TPSA) is 108 Å². The molecule has 0 bridgehead atoms. The zero-order valence-corrected chi connectivity index (χ0v) is 26.7. The Labute approximate surface area is 272 Å². The number of rotatable bonds is 9. The normalized spacial score (nSPS) is 20.4. The van der Waals surface area contributed by atoms with Gasteiger partial charge in [0, 0.05) is 57.2 Å². The van der Waals surface area contributed by atoms with E-state index in [1.165, 1.54) is 6.08 Å². The number of methoxy groups -OCH3 is 1. The second-order valence-corrected chi connectivity index (χ2v) is 12.1. The number of nitriles is 1. The molecule has 2 aromatic heterocycles. The van der Waals surface area contributed by atoms with Crippen LogP contribution in [0.1, 0.15) is 18.4 Å². The third kappa shape index (κ3) is 6.59. The highest BCUT2D eigenvalue weighted by Crippen LogP contribution is 2.36. The number of nitrogens with zero attached hydrogens (tertiary/aromatic N) is 7. The number of anilines is 1. The predicted octanol–water partition coefficient (Wildman–Crippen LogP) is 4.85. The molecule has 4 heterocycles. The van der Waals surface area contributed by atoms with E-state index >= 15 is 4.39 Å².